The van der Waals surface area contributed by atoms with Gasteiger partial charge in [-0.15, -0.1) is 0 Å². The van der Waals surface area contributed by atoms with Crippen molar-refractivity contribution in [3.63, 3.8) is 0 Å². The number of hydrogen-bond acceptors (Lipinski definition) is 3. The molecule has 2 aromatic heterocycles. The third kappa shape index (κ3) is 4.65. The number of ether oxygens (including phenoxy) is 1. The molecular weight excluding hydrogens is 379 g/mol. The van der Waals surface area contributed by atoms with Gasteiger partial charge in [0.2, 0.25) is 0 Å². The lowest BCUT2D eigenvalue weighted by Gasteiger charge is -2.45. The predicted molar refractivity (Wildman–Crippen MR) is 104 cm³/mol. The van der Waals surface area contributed by atoms with Crippen molar-refractivity contribution in [1.82, 2.24) is 14.5 Å². The molecule has 29 heavy (non-hydrogen) atoms. The number of halogens is 3. The highest BCUT2D eigenvalue weighted by Crippen LogP contribution is 2.43. The van der Waals surface area contributed by atoms with Crippen LogP contribution in [0.1, 0.15) is 76.5 Å². The van der Waals surface area contributed by atoms with E-state index in [9.17, 15) is 13.2 Å². The van der Waals surface area contributed by atoms with Gasteiger partial charge in [-0.2, -0.15) is 13.2 Å². The molecule has 2 fully saturated rings. The molecule has 0 radical (unpaired) electrons. The Morgan fingerprint density at radius 1 is 1.10 bits per heavy atom. The summed E-state index contributed by atoms with van der Waals surface area (Å²) < 4.78 is 46.8. The normalized spacial score (nSPS) is 22.0. The Morgan fingerprint density at radius 2 is 1.76 bits per heavy atom. The highest BCUT2D eigenvalue weighted by Gasteiger charge is 2.41. The molecule has 4 nitrogen and oxygen atoms in total. The van der Waals surface area contributed by atoms with Crippen LogP contribution in [-0.2, 0) is 17.3 Å². The van der Waals surface area contributed by atoms with Crippen molar-refractivity contribution in [2.75, 3.05) is 0 Å². The molecule has 0 bridgehead atoms. The summed E-state index contributed by atoms with van der Waals surface area (Å²) in [6.45, 7) is 8.40. The van der Waals surface area contributed by atoms with Crippen LogP contribution in [0.2, 0.25) is 0 Å². The van der Waals surface area contributed by atoms with Gasteiger partial charge in [0.25, 0.3) is 0 Å². The van der Waals surface area contributed by atoms with Crippen molar-refractivity contribution >= 4 is 0 Å². The van der Waals surface area contributed by atoms with Gasteiger partial charge >= 0.3 is 6.18 Å². The van der Waals surface area contributed by atoms with Gasteiger partial charge in [0, 0.05) is 18.5 Å². The number of hydrogen-bond donors (Lipinski definition) is 0. The maximum Gasteiger partial charge on any atom is 0.433 e. The zero-order chi connectivity index (χ0) is 21.0. The average Bonchev–Trinajstić information content (AvgIpc) is 3.28. The van der Waals surface area contributed by atoms with E-state index in [-0.39, 0.29) is 17.1 Å². The molecule has 2 aliphatic rings. The molecule has 0 amide bonds. The molecule has 1 aliphatic carbocycles. The van der Waals surface area contributed by atoms with Gasteiger partial charge in [-0.25, -0.2) is 9.97 Å². The van der Waals surface area contributed by atoms with Gasteiger partial charge in [0.05, 0.1) is 28.8 Å². The minimum atomic E-state index is -4.44. The number of alkyl halides is 3. The molecule has 0 aromatic carbocycles. The predicted octanol–water partition coefficient (Wildman–Crippen LogP) is 5.69. The largest absolute Gasteiger partial charge is 0.433 e. The van der Waals surface area contributed by atoms with Gasteiger partial charge in [-0.1, -0.05) is 0 Å². The standard InChI is InChI=1S/C22H28F3N3O/c1-20(2)10-15(11-21(3,4)29-20)17-13-28(19(27-17)9-14-5-6-14)16-7-8-18(26-12-16)22(23,24)25/h7-8,12-15H,5-6,9-11H2,1-4H3. The molecule has 0 spiro atoms. The number of nitrogens with zero attached hydrogens (tertiary/aromatic N) is 3. The molecule has 0 N–H and O–H groups in total. The topological polar surface area (TPSA) is 39.9 Å². The number of aromatic nitrogens is 3. The van der Waals surface area contributed by atoms with Gasteiger partial charge in [-0.05, 0) is 71.4 Å². The second kappa shape index (κ2) is 6.83. The van der Waals surface area contributed by atoms with Crippen LogP contribution in [-0.4, -0.2) is 25.7 Å². The van der Waals surface area contributed by atoms with Gasteiger partial charge in [-0.3, -0.25) is 0 Å². The first-order chi connectivity index (χ1) is 13.4. The quantitative estimate of drug-likeness (QED) is 0.654. The zero-order valence-corrected chi connectivity index (χ0v) is 17.4. The molecule has 3 heterocycles. The molecule has 7 heteroatoms. The maximum absolute atomic E-state index is 12.9. The Kier molecular flexibility index (Phi) is 4.80. The molecule has 2 aromatic rings. The van der Waals surface area contributed by atoms with E-state index in [1.807, 2.05) is 10.8 Å². The summed E-state index contributed by atoms with van der Waals surface area (Å²) in [5, 5.41) is 0. The van der Waals surface area contributed by atoms with Crippen molar-refractivity contribution in [2.24, 2.45) is 5.92 Å². The molecule has 1 saturated heterocycles. The van der Waals surface area contributed by atoms with Crippen LogP contribution >= 0.6 is 0 Å². The summed E-state index contributed by atoms with van der Waals surface area (Å²) in [6, 6.07) is 2.52. The first-order valence-electron chi connectivity index (χ1n) is 10.2. The van der Waals surface area contributed by atoms with E-state index in [2.05, 4.69) is 32.7 Å². The Labute approximate surface area is 169 Å². The molecule has 1 aliphatic heterocycles. The molecule has 158 valence electrons. The molecular formula is C22H28F3N3O. The van der Waals surface area contributed by atoms with E-state index in [4.69, 9.17) is 9.72 Å². The van der Waals surface area contributed by atoms with Crippen molar-refractivity contribution in [3.8, 4) is 5.69 Å². The van der Waals surface area contributed by atoms with Crippen LogP contribution in [0.5, 0.6) is 0 Å². The first kappa shape index (κ1) is 20.4. The lowest BCUT2D eigenvalue weighted by Crippen LogP contribution is -2.44. The fourth-order valence-corrected chi connectivity index (χ4v) is 4.58. The van der Waals surface area contributed by atoms with Crippen LogP contribution < -0.4 is 0 Å². The average molecular weight is 407 g/mol. The Morgan fingerprint density at radius 3 is 2.28 bits per heavy atom. The van der Waals surface area contributed by atoms with Gasteiger partial charge < -0.3 is 9.30 Å². The summed E-state index contributed by atoms with van der Waals surface area (Å²) in [5.41, 5.74) is 0.243. The third-order valence-electron chi connectivity index (χ3n) is 5.73. The fraction of sp³-hybridized carbons (Fsp3) is 0.636. The smallest absolute Gasteiger partial charge is 0.370 e. The molecule has 0 unspecified atom stereocenters. The van der Waals surface area contributed by atoms with Crippen LogP contribution in [0.4, 0.5) is 13.2 Å². The van der Waals surface area contributed by atoms with Crippen molar-refractivity contribution in [2.45, 2.75) is 83.1 Å². The van der Waals surface area contributed by atoms with Gasteiger partial charge in [0.1, 0.15) is 11.5 Å². The second-order valence-electron chi connectivity index (χ2n) is 9.73. The van der Waals surface area contributed by atoms with E-state index in [0.29, 0.717) is 11.6 Å². The van der Waals surface area contributed by atoms with Crippen LogP contribution in [0.15, 0.2) is 24.5 Å². The van der Waals surface area contributed by atoms with E-state index in [0.717, 1.165) is 36.8 Å². The monoisotopic (exact) mass is 407 g/mol. The molecule has 4 rings (SSSR count). The summed E-state index contributed by atoms with van der Waals surface area (Å²) in [7, 11) is 0. The highest BCUT2D eigenvalue weighted by atomic mass is 19.4. The van der Waals surface area contributed by atoms with Crippen molar-refractivity contribution in [1.29, 1.82) is 0 Å². The molecule has 0 atom stereocenters. The van der Waals surface area contributed by atoms with E-state index < -0.39 is 11.9 Å². The third-order valence-corrected chi connectivity index (χ3v) is 5.73. The lowest BCUT2D eigenvalue weighted by molar-refractivity contribution is -0.162. The SMILES string of the molecule is CC1(C)CC(c2cn(-c3ccc(C(F)(F)F)nc3)c(CC3CC3)n2)CC(C)(C)O1. The van der Waals surface area contributed by atoms with Crippen molar-refractivity contribution in [3.05, 3.63) is 41.7 Å². The van der Waals surface area contributed by atoms with Crippen LogP contribution in [0.3, 0.4) is 0 Å². The van der Waals surface area contributed by atoms with Gasteiger partial charge in [0.15, 0.2) is 0 Å². The van der Waals surface area contributed by atoms with Crippen molar-refractivity contribution < 1.29 is 17.9 Å². The van der Waals surface area contributed by atoms with Crippen LogP contribution in [0, 0.1) is 5.92 Å². The Bertz CT molecular complexity index is 864. The van der Waals surface area contributed by atoms with Crippen LogP contribution in [0.25, 0.3) is 5.69 Å². The maximum atomic E-state index is 12.9. The number of rotatable bonds is 4. The number of pyridine rings is 1. The minimum Gasteiger partial charge on any atom is -0.370 e. The lowest BCUT2D eigenvalue weighted by atomic mass is 9.79. The number of imidazole rings is 1. The van der Waals surface area contributed by atoms with E-state index in [1.54, 1.807) is 0 Å². The highest BCUT2D eigenvalue weighted by molar-refractivity contribution is 5.34. The minimum absolute atomic E-state index is 0.246. The van der Waals surface area contributed by atoms with E-state index in [1.165, 1.54) is 25.1 Å². The molecule has 1 saturated carbocycles. The second-order valence-corrected chi connectivity index (χ2v) is 9.73. The Balaban J connectivity index is 1.68. The first-order valence-corrected chi connectivity index (χ1v) is 10.2. The fourth-order valence-electron chi connectivity index (χ4n) is 4.58. The Hall–Kier alpha value is -1.89. The summed E-state index contributed by atoms with van der Waals surface area (Å²) >= 11 is 0. The summed E-state index contributed by atoms with van der Waals surface area (Å²) in [5.74, 6) is 1.77. The summed E-state index contributed by atoms with van der Waals surface area (Å²) in [6.07, 6.45) is 3.79. The van der Waals surface area contributed by atoms with E-state index >= 15 is 0 Å². The zero-order valence-electron chi connectivity index (χ0n) is 17.4. The summed E-state index contributed by atoms with van der Waals surface area (Å²) in [4.78, 5) is 8.59.